The quantitative estimate of drug-likeness (QED) is 0.790. The molecular formula is C14H14FO2P. The molecule has 0 saturated carbocycles. The first-order chi connectivity index (χ1) is 8.74. The lowest BCUT2D eigenvalue weighted by molar-refractivity contribution is 0.415. The van der Waals surface area contributed by atoms with Gasteiger partial charge >= 0.3 is 0 Å². The molecule has 4 heteroatoms. The molecule has 18 heavy (non-hydrogen) atoms. The zero-order chi connectivity index (χ0) is 13.0. The first-order valence-electron chi connectivity index (χ1n) is 5.48. The summed E-state index contributed by atoms with van der Waals surface area (Å²) in [4.78, 5) is 0. The zero-order valence-electron chi connectivity index (χ0n) is 10.3. The fourth-order valence-corrected chi connectivity index (χ4v) is 2.70. The van der Waals surface area contributed by atoms with Crippen molar-refractivity contribution in [2.24, 2.45) is 0 Å². The van der Waals surface area contributed by atoms with Crippen LogP contribution in [0.25, 0.3) is 0 Å². The lowest BCUT2D eigenvalue weighted by atomic mass is 10.3. The summed E-state index contributed by atoms with van der Waals surface area (Å²) in [7, 11) is 1.37. The Morgan fingerprint density at radius 3 is 1.33 bits per heavy atom. The molecule has 0 atom stereocenters. The van der Waals surface area contributed by atoms with Gasteiger partial charge in [0.2, 0.25) is 0 Å². The summed E-state index contributed by atoms with van der Waals surface area (Å²) in [6.45, 7) is 0. The SMILES string of the molecule is COc1ccc(P(F)c2ccc(OC)cc2)cc1. The van der Waals surface area contributed by atoms with Crippen molar-refractivity contribution >= 4 is 18.8 Å². The van der Waals surface area contributed by atoms with E-state index in [2.05, 4.69) is 0 Å². The van der Waals surface area contributed by atoms with Crippen molar-refractivity contribution in [1.82, 2.24) is 0 Å². The molecule has 2 aromatic rings. The first-order valence-corrected chi connectivity index (χ1v) is 6.72. The fraction of sp³-hybridized carbons (Fsp3) is 0.143. The fourth-order valence-electron chi connectivity index (χ4n) is 1.58. The Morgan fingerprint density at radius 2 is 1.06 bits per heavy atom. The molecule has 2 nitrogen and oxygen atoms in total. The van der Waals surface area contributed by atoms with Gasteiger partial charge in [-0.05, 0) is 48.5 Å². The Kier molecular flexibility index (Phi) is 4.16. The van der Waals surface area contributed by atoms with E-state index in [9.17, 15) is 4.20 Å². The third-order valence-corrected chi connectivity index (χ3v) is 4.10. The highest BCUT2D eigenvalue weighted by atomic mass is 31.2. The minimum absolute atomic E-state index is 0.677. The highest BCUT2D eigenvalue weighted by molar-refractivity contribution is 7.68. The number of halogens is 1. The predicted octanol–water partition coefficient (Wildman–Crippen LogP) is 3.02. The summed E-state index contributed by atoms with van der Waals surface area (Å²) in [5.74, 6) is 1.47. The second-order valence-electron chi connectivity index (χ2n) is 3.68. The molecule has 0 aliphatic carbocycles. The van der Waals surface area contributed by atoms with E-state index in [-0.39, 0.29) is 0 Å². The minimum Gasteiger partial charge on any atom is -0.497 e. The molecular weight excluding hydrogens is 250 g/mol. The molecule has 2 rings (SSSR count). The number of hydrogen-bond acceptors (Lipinski definition) is 2. The number of hydrogen-bond donors (Lipinski definition) is 0. The van der Waals surface area contributed by atoms with E-state index in [0.29, 0.717) is 10.6 Å². The van der Waals surface area contributed by atoms with Gasteiger partial charge in [-0.3, -0.25) is 0 Å². The Hall–Kier alpha value is -1.60. The third kappa shape index (κ3) is 2.80. The van der Waals surface area contributed by atoms with E-state index in [0.717, 1.165) is 11.5 Å². The van der Waals surface area contributed by atoms with Crippen LogP contribution in [0.4, 0.5) is 4.20 Å². The molecule has 0 unspecified atom stereocenters. The smallest absolute Gasteiger partial charge is 0.144 e. The van der Waals surface area contributed by atoms with Gasteiger partial charge in [-0.25, -0.2) is 4.20 Å². The summed E-state index contributed by atoms with van der Waals surface area (Å²) in [6.07, 6.45) is 0. The van der Waals surface area contributed by atoms with Gasteiger partial charge in [0.05, 0.1) is 14.2 Å². The third-order valence-electron chi connectivity index (χ3n) is 2.60. The summed E-state index contributed by atoms with van der Waals surface area (Å²) >= 11 is 0. The lowest BCUT2D eigenvalue weighted by Crippen LogP contribution is -2.08. The number of benzene rings is 2. The summed E-state index contributed by atoms with van der Waals surface area (Å²) in [5, 5.41) is 1.35. The molecule has 0 heterocycles. The number of methoxy groups -OCH3 is 2. The normalized spacial score (nSPS) is 10.4. The topological polar surface area (TPSA) is 18.5 Å². The highest BCUT2D eigenvalue weighted by Crippen LogP contribution is 2.35. The maximum atomic E-state index is 14.3. The number of rotatable bonds is 4. The van der Waals surface area contributed by atoms with Crippen molar-refractivity contribution in [3.63, 3.8) is 0 Å². The summed E-state index contributed by atoms with van der Waals surface area (Å²) in [5.41, 5.74) is 0. The predicted molar refractivity (Wildman–Crippen MR) is 73.3 cm³/mol. The second-order valence-corrected chi connectivity index (χ2v) is 5.27. The molecule has 0 saturated heterocycles. The van der Waals surface area contributed by atoms with E-state index in [4.69, 9.17) is 9.47 Å². The molecule has 2 aromatic carbocycles. The second kappa shape index (κ2) is 5.83. The Morgan fingerprint density at radius 1 is 0.722 bits per heavy atom. The molecule has 0 spiro atoms. The first kappa shape index (κ1) is 12.8. The maximum Gasteiger partial charge on any atom is 0.144 e. The summed E-state index contributed by atoms with van der Waals surface area (Å²) < 4.78 is 24.4. The van der Waals surface area contributed by atoms with E-state index in [1.807, 2.05) is 0 Å². The van der Waals surface area contributed by atoms with Gasteiger partial charge in [0.15, 0.2) is 0 Å². The van der Waals surface area contributed by atoms with Crippen LogP contribution in [0.2, 0.25) is 0 Å². The van der Waals surface area contributed by atoms with Crippen LogP contribution < -0.4 is 20.1 Å². The van der Waals surface area contributed by atoms with Crippen molar-refractivity contribution in [2.75, 3.05) is 14.2 Å². The van der Waals surface area contributed by atoms with Crippen LogP contribution in [0, 0.1) is 0 Å². The molecule has 0 aliphatic rings. The highest BCUT2D eigenvalue weighted by Gasteiger charge is 2.13. The average molecular weight is 264 g/mol. The van der Waals surface area contributed by atoms with Crippen molar-refractivity contribution in [1.29, 1.82) is 0 Å². The van der Waals surface area contributed by atoms with Crippen LogP contribution in [0.3, 0.4) is 0 Å². The van der Waals surface area contributed by atoms with Crippen LogP contribution in [-0.2, 0) is 0 Å². The minimum atomic E-state index is -1.82. The van der Waals surface area contributed by atoms with Crippen molar-refractivity contribution in [2.45, 2.75) is 0 Å². The van der Waals surface area contributed by atoms with Crippen LogP contribution in [-0.4, -0.2) is 14.2 Å². The zero-order valence-corrected chi connectivity index (χ0v) is 11.2. The molecule has 0 aliphatic heterocycles. The van der Waals surface area contributed by atoms with Crippen LogP contribution in [0.15, 0.2) is 48.5 Å². The van der Waals surface area contributed by atoms with Crippen LogP contribution in [0.1, 0.15) is 0 Å². The molecule has 0 radical (unpaired) electrons. The van der Waals surface area contributed by atoms with Crippen LogP contribution in [0.5, 0.6) is 11.5 Å². The van der Waals surface area contributed by atoms with Crippen molar-refractivity contribution < 1.29 is 13.7 Å². The van der Waals surface area contributed by atoms with Gasteiger partial charge in [-0.2, -0.15) is 0 Å². The molecule has 0 N–H and O–H groups in total. The molecule has 0 amide bonds. The molecule has 0 aromatic heterocycles. The summed E-state index contributed by atoms with van der Waals surface area (Å²) in [6, 6.07) is 14.1. The van der Waals surface area contributed by atoms with Crippen molar-refractivity contribution in [3.8, 4) is 11.5 Å². The van der Waals surface area contributed by atoms with Crippen molar-refractivity contribution in [3.05, 3.63) is 48.5 Å². The van der Waals surface area contributed by atoms with E-state index < -0.39 is 8.23 Å². The van der Waals surface area contributed by atoms with Gasteiger partial charge in [-0.15, -0.1) is 0 Å². The molecule has 0 fully saturated rings. The van der Waals surface area contributed by atoms with Gasteiger partial charge < -0.3 is 9.47 Å². The Balaban J connectivity index is 2.20. The van der Waals surface area contributed by atoms with E-state index in [1.54, 1.807) is 62.8 Å². The van der Waals surface area contributed by atoms with Gasteiger partial charge in [0.1, 0.15) is 19.7 Å². The lowest BCUT2D eigenvalue weighted by Gasteiger charge is -2.09. The van der Waals surface area contributed by atoms with Gasteiger partial charge in [-0.1, -0.05) is 0 Å². The van der Waals surface area contributed by atoms with Crippen LogP contribution >= 0.6 is 8.23 Å². The average Bonchev–Trinajstić information content (AvgIpc) is 2.47. The maximum absolute atomic E-state index is 14.3. The largest absolute Gasteiger partial charge is 0.497 e. The van der Waals surface area contributed by atoms with Gasteiger partial charge in [0.25, 0.3) is 0 Å². The molecule has 0 bridgehead atoms. The van der Waals surface area contributed by atoms with Gasteiger partial charge in [0, 0.05) is 10.6 Å². The number of ether oxygens (including phenoxy) is 2. The Labute approximate surface area is 107 Å². The monoisotopic (exact) mass is 264 g/mol. The van der Waals surface area contributed by atoms with E-state index >= 15 is 0 Å². The van der Waals surface area contributed by atoms with E-state index in [1.165, 1.54) is 0 Å². The Bertz CT molecular complexity index is 449. The standard InChI is InChI=1S/C14H14FO2P/c1-16-11-3-7-13(8-4-11)18(15)14-9-5-12(17-2)6-10-14/h3-10H,1-2H3. The molecule has 94 valence electrons.